The Balaban J connectivity index is 1.32. The fourth-order valence-corrected chi connectivity index (χ4v) is 5.81. The molecule has 0 saturated carbocycles. The van der Waals surface area contributed by atoms with Gasteiger partial charge < -0.3 is 29.2 Å². The number of hydrogen-bond acceptors (Lipinski definition) is 8. The van der Waals surface area contributed by atoms with Gasteiger partial charge in [-0.2, -0.15) is 0 Å². The van der Waals surface area contributed by atoms with Gasteiger partial charge in [-0.3, -0.25) is 14.9 Å². The van der Waals surface area contributed by atoms with Crippen LogP contribution in [-0.2, 0) is 16.9 Å². The van der Waals surface area contributed by atoms with Crippen molar-refractivity contribution in [2.24, 2.45) is 0 Å². The normalized spacial score (nSPS) is 21.4. The van der Waals surface area contributed by atoms with E-state index in [9.17, 15) is 23.2 Å². The van der Waals surface area contributed by atoms with Gasteiger partial charge in [-0.15, -0.1) is 0 Å². The zero-order valence-corrected chi connectivity index (χ0v) is 22.2. The Hall–Kier alpha value is -4.26. The molecule has 2 fully saturated rings. The van der Waals surface area contributed by atoms with Crippen LogP contribution in [0.2, 0.25) is 0 Å². The fraction of sp³-hybridized carbons (Fsp3) is 0.407. The number of ether oxygens (including phenoxy) is 1. The Morgan fingerprint density at radius 3 is 2.58 bits per heavy atom. The highest BCUT2D eigenvalue weighted by molar-refractivity contribution is 6.08. The van der Waals surface area contributed by atoms with Crippen molar-refractivity contribution in [2.45, 2.75) is 31.0 Å². The smallest absolute Gasteiger partial charge is 0.322 e. The van der Waals surface area contributed by atoms with Crippen molar-refractivity contribution >= 4 is 34.8 Å². The average Bonchev–Trinajstić information content (AvgIpc) is 3.57. The van der Waals surface area contributed by atoms with E-state index in [4.69, 9.17) is 14.1 Å². The summed E-state index contributed by atoms with van der Waals surface area (Å²) in [5.41, 5.74) is -1.17. The molecule has 3 aliphatic rings. The van der Waals surface area contributed by atoms with Gasteiger partial charge in [0.05, 0.1) is 19.2 Å². The number of anilines is 1. The van der Waals surface area contributed by atoms with Gasteiger partial charge in [0.15, 0.2) is 28.5 Å². The topological polar surface area (TPSA) is 120 Å². The van der Waals surface area contributed by atoms with Gasteiger partial charge in [-0.25, -0.2) is 18.6 Å². The van der Waals surface area contributed by atoms with E-state index in [1.54, 1.807) is 12.1 Å². The third-order valence-corrected chi connectivity index (χ3v) is 7.99. The van der Waals surface area contributed by atoms with Gasteiger partial charge in [0.2, 0.25) is 0 Å². The number of rotatable bonds is 6. The van der Waals surface area contributed by atoms with Crippen LogP contribution in [0.1, 0.15) is 34.5 Å². The SMILES string of the molecule is COc1c(F)cc2c(c1F)C(=O)N(CC1(c3cc4nc(N5CCC(N(C)C)CC5)ccc4o3)NC(=O)NC1=O)C2. The molecule has 0 bridgehead atoms. The Labute approximate surface area is 228 Å². The third-order valence-electron chi connectivity index (χ3n) is 7.99. The molecule has 3 aliphatic heterocycles. The lowest BCUT2D eigenvalue weighted by Gasteiger charge is -2.35. The molecule has 1 aromatic carbocycles. The second-order valence-electron chi connectivity index (χ2n) is 10.6. The number of amides is 4. The number of carbonyl (C=O) groups is 3. The first-order chi connectivity index (χ1) is 19.1. The monoisotopic (exact) mass is 554 g/mol. The molecular weight excluding hydrogens is 526 g/mol. The van der Waals surface area contributed by atoms with Gasteiger partial charge in [0, 0.05) is 31.7 Å². The molecule has 1 atom stereocenters. The molecule has 0 spiro atoms. The fourth-order valence-electron chi connectivity index (χ4n) is 5.81. The van der Waals surface area contributed by atoms with Crippen LogP contribution in [0.15, 0.2) is 28.7 Å². The van der Waals surface area contributed by atoms with Gasteiger partial charge in [0.1, 0.15) is 17.1 Å². The van der Waals surface area contributed by atoms with Crippen molar-refractivity contribution in [1.82, 2.24) is 25.4 Å². The van der Waals surface area contributed by atoms with Crippen LogP contribution in [0.3, 0.4) is 0 Å². The zero-order chi connectivity index (χ0) is 28.3. The van der Waals surface area contributed by atoms with Crippen molar-refractivity contribution in [3.05, 3.63) is 52.8 Å². The minimum absolute atomic E-state index is 0.0646. The van der Waals surface area contributed by atoms with Crippen LogP contribution >= 0.6 is 0 Å². The largest absolute Gasteiger partial charge is 0.491 e. The Morgan fingerprint density at radius 1 is 1.18 bits per heavy atom. The molecule has 5 heterocycles. The van der Waals surface area contributed by atoms with E-state index in [0.29, 0.717) is 17.1 Å². The number of piperidine rings is 1. The summed E-state index contributed by atoms with van der Waals surface area (Å²) in [5.74, 6) is -3.40. The maximum atomic E-state index is 14.9. The van der Waals surface area contributed by atoms with Gasteiger partial charge in [-0.05, 0) is 50.7 Å². The molecule has 3 aromatic rings. The molecule has 40 heavy (non-hydrogen) atoms. The number of furan rings is 1. The van der Waals surface area contributed by atoms with E-state index < -0.39 is 40.8 Å². The summed E-state index contributed by atoms with van der Waals surface area (Å²) >= 11 is 0. The van der Waals surface area contributed by atoms with Crippen molar-refractivity contribution in [3.8, 4) is 5.75 Å². The molecule has 1 unspecified atom stereocenters. The molecule has 210 valence electrons. The maximum Gasteiger partial charge on any atom is 0.322 e. The van der Waals surface area contributed by atoms with Crippen molar-refractivity contribution in [3.63, 3.8) is 0 Å². The number of nitrogens with zero attached hydrogens (tertiary/aromatic N) is 4. The third kappa shape index (κ3) is 4.03. The first-order valence-electron chi connectivity index (χ1n) is 12.9. The van der Waals surface area contributed by atoms with E-state index >= 15 is 0 Å². The van der Waals surface area contributed by atoms with E-state index in [1.807, 2.05) is 6.07 Å². The number of aromatic nitrogens is 1. The predicted molar refractivity (Wildman–Crippen MR) is 139 cm³/mol. The molecule has 6 rings (SSSR count). The first-order valence-corrected chi connectivity index (χ1v) is 12.9. The summed E-state index contributed by atoms with van der Waals surface area (Å²) in [5, 5.41) is 4.79. The highest BCUT2D eigenvalue weighted by Crippen LogP contribution is 2.37. The van der Waals surface area contributed by atoms with Crippen LogP contribution in [0.5, 0.6) is 5.75 Å². The lowest BCUT2D eigenvalue weighted by Crippen LogP contribution is -2.52. The minimum atomic E-state index is -1.81. The van der Waals surface area contributed by atoms with E-state index in [2.05, 4.69) is 34.5 Å². The number of hydrogen-bond donors (Lipinski definition) is 2. The van der Waals surface area contributed by atoms with Crippen LogP contribution in [-0.4, -0.2) is 79.5 Å². The minimum Gasteiger partial charge on any atom is -0.491 e. The van der Waals surface area contributed by atoms with E-state index in [1.165, 1.54) is 4.90 Å². The Kier molecular flexibility index (Phi) is 6.13. The number of benzene rings is 1. The summed E-state index contributed by atoms with van der Waals surface area (Å²) < 4.78 is 40.0. The Morgan fingerprint density at radius 2 is 1.93 bits per heavy atom. The highest BCUT2D eigenvalue weighted by atomic mass is 19.1. The molecule has 2 saturated heterocycles. The zero-order valence-electron chi connectivity index (χ0n) is 22.2. The van der Waals surface area contributed by atoms with Crippen LogP contribution in [0.4, 0.5) is 19.4 Å². The van der Waals surface area contributed by atoms with E-state index in [-0.39, 0.29) is 30.0 Å². The van der Waals surface area contributed by atoms with E-state index in [0.717, 1.165) is 44.9 Å². The summed E-state index contributed by atoms with van der Waals surface area (Å²) in [6, 6.07) is 5.93. The van der Waals surface area contributed by atoms with Gasteiger partial charge in [0.25, 0.3) is 11.8 Å². The van der Waals surface area contributed by atoms with Gasteiger partial charge >= 0.3 is 6.03 Å². The summed E-state index contributed by atoms with van der Waals surface area (Å²) in [7, 11) is 5.25. The second kappa shape index (κ2) is 9.44. The summed E-state index contributed by atoms with van der Waals surface area (Å²) in [6.45, 7) is 1.12. The average molecular weight is 555 g/mol. The highest BCUT2D eigenvalue weighted by Gasteiger charge is 2.53. The lowest BCUT2D eigenvalue weighted by molar-refractivity contribution is -0.125. The molecule has 2 N–H and O–H groups in total. The lowest BCUT2D eigenvalue weighted by atomic mass is 9.95. The summed E-state index contributed by atoms with van der Waals surface area (Å²) in [6.07, 6.45) is 2.00. The number of imide groups is 1. The number of carbonyl (C=O) groups excluding carboxylic acids is 3. The van der Waals surface area contributed by atoms with Crippen molar-refractivity contribution in [2.75, 3.05) is 45.7 Å². The number of urea groups is 1. The predicted octanol–water partition coefficient (Wildman–Crippen LogP) is 2.34. The maximum absolute atomic E-state index is 14.9. The van der Waals surface area contributed by atoms with Crippen molar-refractivity contribution < 1.29 is 32.3 Å². The van der Waals surface area contributed by atoms with Crippen LogP contribution < -0.4 is 20.3 Å². The van der Waals surface area contributed by atoms with Crippen molar-refractivity contribution in [1.29, 1.82) is 0 Å². The molecular formula is C27H28F2N6O5. The molecule has 2 aromatic heterocycles. The number of methoxy groups -OCH3 is 1. The molecule has 0 aliphatic carbocycles. The number of nitrogens with one attached hydrogen (secondary N) is 2. The number of halogens is 2. The number of fused-ring (bicyclic) bond motifs is 2. The second-order valence-corrected chi connectivity index (χ2v) is 10.6. The number of pyridine rings is 1. The van der Waals surface area contributed by atoms with Crippen LogP contribution in [0.25, 0.3) is 11.1 Å². The Bertz CT molecular complexity index is 1550. The summed E-state index contributed by atoms with van der Waals surface area (Å²) in [4.78, 5) is 49.0. The van der Waals surface area contributed by atoms with Gasteiger partial charge in [-0.1, -0.05) is 0 Å². The molecule has 0 radical (unpaired) electrons. The standard InChI is InChI=1S/C27H28F2N6O5/c1-33(2)15-6-8-34(9-7-15)20-5-4-18-17(30-20)11-19(40-18)27(25(37)31-26(38)32-27)13-35-12-14-10-16(28)23(39-3)22(29)21(14)24(35)36/h4-5,10-11,15H,6-9,12-13H2,1-3H3,(H2,31,32,37,38). The van der Waals surface area contributed by atoms with Crippen LogP contribution in [0, 0.1) is 11.6 Å². The molecule has 13 heteroatoms. The molecule has 4 amide bonds. The quantitative estimate of drug-likeness (QED) is 0.446. The molecule has 11 nitrogen and oxygen atoms in total. The first kappa shape index (κ1) is 26.0.